The average Bonchev–Trinajstić information content (AvgIpc) is 2.99. The molecule has 0 atom stereocenters. The fourth-order valence-corrected chi connectivity index (χ4v) is 5.99. The maximum Gasteiger partial charge on any atom is 0.416 e. The molecule has 1 aromatic heterocycles. The molecule has 3 aromatic carbocycles. The second-order valence-electron chi connectivity index (χ2n) is 8.50. The van der Waals surface area contributed by atoms with Gasteiger partial charge in [0, 0.05) is 21.2 Å². The summed E-state index contributed by atoms with van der Waals surface area (Å²) in [5.41, 5.74) is -0.721. The molecule has 4 rings (SSSR count). The van der Waals surface area contributed by atoms with Crippen molar-refractivity contribution in [1.82, 2.24) is 0 Å². The normalized spacial score (nSPS) is 13.3. The molecular weight excluding hydrogens is 434 g/mol. The van der Waals surface area contributed by atoms with Gasteiger partial charge in [0.2, 0.25) is 0 Å². The summed E-state index contributed by atoms with van der Waals surface area (Å²) < 4.78 is 81.0. The quantitative estimate of drug-likeness (QED) is 0.199. The van der Waals surface area contributed by atoms with Gasteiger partial charge in [0.1, 0.15) is 0 Å². The molecule has 0 saturated heterocycles. The second-order valence-corrected chi connectivity index (χ2v) is 10.5. The highest BCUT2D eigenvalue weighted by molar-refractivity contribution is 7.50. The number of hydrogen-bond donors (Lipinski definition) is 0. The van der Waals surface area contributed by atoms with E-state index in [-0.39, 0.29) is 16.2 Å². The molecule has 0 nitrogen and oxygen atoms in total. The molecule has 4 aromatic rings. The molecule has 0 aliphatic rings. The summed E-state index contributed by atoms with van der Waals surface area (Å²) in [4.78, 5) is 0.854. The van der Waals surface area contributed by atoms with Gasteiger partial charge >= 0.3 is 12.4 Å². The highest BCUT2D eigenvalue weighted by atomic mass is 32.2. The molecule has 31 heavy (non-hydrogen) atoms. The largest absolute Gasteiger partial charge is 0.416 e. The van der Waals surface area contributed by atoms with Crippen LogP contribution in [0.5, 0.6) is 0 Å². The zero-order valence-corrected chi connectivity index (χ0v) is 17.8. The van der Waals surface area contributed by atoms with E-state index < -0.39 is 33.9 Å². The lowest BCUT2D eigenvalue weighted by Crippen LogP contribution is -2.10. The van der Waals surface area contributed by atoms with Gasteiger partial charge in [-0.05, 0) is 59.5 Å². The fraction of sp³-hybridized carbons (Fsp3) is 0.250. The van der Waals surface area contributed by atoms with E-state index in [1.54, 1.807) is 0 Å². The Hall–Kier alpha value is -2.54. The molecule has 0 unspecified atom stereocenters. The number of fused-ring (bicyclic) bond motifs is 3. The molecule has 1 heterocycles. The Labute approximate surface area is 178 Å². The number of halogens is 6. The van der Waals surface area contributed by atoms with Crippen LogP contribution in [0.2, 0.25) is 0 Å². The van der Waals surface area contributed by atoms with Gasteiger partial charge in [-0.15, -0.1) is 0 Å². The lowest BCUT2D eigenvalue weighted by molar-refractivity contribution is -0.138. The molecule has 0 fully saturated rings. The first-order valence-electron chi connectivity index (χ1n) is 9.54. The minimum atomic E-state index is -4.58. The first-order chi connectivity index (χ1) is 14.3. The van der Waals surface area contributed by atoms with E-state index in [4.69, 9.17) is 0 Å². The van der Waals surface area contributed by atoms with Crippen molar-refractivity contribution in [2.45, 2.75) is 38.5 Å². The molecule has 7 heteroatoms. The summed E-state index contributed by atoms with van der Waals surface area (Å²) in [5, 5.41) is 0.415. The van der Waals surface area contributed by atoms with Gasteiger partial charge in [-0.1, -0.05) is 32.9 Å². The summed E-state index contributed by atoms with van der Waals surface area (Å²) >= 11 is 0. The van der Waals surface area contributed by atoms with Crippen LogP contribution in [-0.2, 0) is 17.8 Å². The predicted octanol–water partition coefficient (Wildman–Crippen LogP) is 9.07. The molecule has 0 amide bonds. The van der Waals surface area contributed by atoms with Gasteiger partial charge in [0.25, 0.3) is 0 Å². The molecule has 0 bridgehead atoms. The van der Waals surface area contributed by atoms with Crippen LogP contribution in [0.4, 0.5) is 26.3 Å². The van der Waals surface area contributed by atoms with Crippen LogP contribution in [0, 0.1) is 0 Å². The zero-order chi connectivity index (χ0) is 22.8. The SMILES string of the molecule is CC(C)(C)c1ccc(-[s+]2c3ccc(C(F)(F)F)cc3c3cc(C(F)(F)F)ccc32)cc1. The van der Waals surface area contributed by atoms with E-state index >= 15 is 0 Å². The first-order valence-corrected chi connectivity index (χ1v) is 10.8. The Balaban J connectivity index is 2.04. The topological polar surface area (TPSA) is 0 Å². The molecule has 0 saturated carbocycles. The Morgan fingerprint density at radius 1 is 0.548 bits per heavy atom. The molecule has 0 aliphatic heterocycles. The van der Waals surface area contributed by atoms with E-state index in [9.17, 15) is 26.3 Å². The maximum absolute atomic E-state index is 13.3. The molecule has 0 spiro atoms. The van der Waals surface area contributed by atoms with E-state index in [1.165, 1.54) is 12.1 Å². The van der Waals surface area contributed by atoms with Crippen molar-refractivity contribution in [2.75, 3.05) is 0 Å². The van der Waals surface area contributed by atoms with Crippen molar-refractivity contribution in [3.05, 3.63) is 77.4 Å². The van der Waals surface area contributed by atoms with E-state index in [1.807, 2.05) is 24.3 Å². The standard InChI is InChI=1S/C24H19F6S/c1-22(2,3)14-4-8-17(9-5-14)31-20-10-6-15(23(25,26)27)12-18(20)19-13-16(24(28,29)30)7-11-21(19)31/h4-13H,1-3H3/q+1. The van der Waals surface area contributed by atoms with Crippen molar-refractivity contribution < 1.29 is 26.3 Å². The monoisotopic (exact) mass is 453 g/mol. The first kappa shape index (κ1) is 21.7. The number of hydrogen-bond acceptors (Lipinski definition) is 0. The van der Waals surface area contributed by atoms with Crippen molar-refractivity contribution in [2.24, 2.45) is 0 Å². The molecule has 162 valence electrons. The van der Waals surface area contributed by atoms with Gasteiger partial charge in [0.05, 0.1) is 11.1 Å². The summed E-state index contributed by atoms with van der Waals surface area (Å²) in [7, 11) is -0.780. The fourth-order valence-electron chi connectivity index (χ4n) is 3.65. The molecule has 0 aliphatic carbocycles. The Bertz CT molecular complexity index is 1200. The van der Waals surface area contributed by atoms with Crippen molar-refractivity contribution in [3.8, 4) is 4.90 Å². The molecule has 0 radical (unpaired) electrons. The predicted molar refractivity (Wildman–Crippen MR) is 114 cm³/mol. The Morgan fingerprint density at radius 3 is 1.29 bits per heavy atom. The maximum atomic E-state index is 13.3. The van der Waals surface area contributed by atoms with Crippen molar-refractivity contribution in [1.29, 1.82) is 0 Å². The van der Waals surface area contributed by atoms with Gasteiger partial charge in [0.15, 0.2) is 14.3 Å². The lowest BCUT2D eigenvalue weighted by atomic mass is 9.87. The van der Waals surface area contributed by atoms with Crippen LogP contribution in [0.3, 0.4) is 0 Å². The minimum absolute atomic E-state index is 0.0731. The second kappa shape index (κ2) is 6.99. The van der Waals surface area contributed by atoms with Crippen LogP contribution < -0.4 is 0 Å². The number of rotatable bonds is 1. The Morgan fingerprint density at radius 2 is 0.935 bits per heavy atom. The number of thiophene rings is 1. The summed E-state index contributed by atoms with van der Waals surface area (Å²) in [6, 6.07) is 14.5. The number of benzene rings is 3. The summed E-state index contributed by atoms with van der Waals surface area (Å²) in [5.74, 6) is 0. The van der Waals surface area contributed by atoms with E-state index in [0.29, 0.717) is 9.40 Å². The smallest absolute Gasteiger partial charge is 0.166 e. The third kappa shape index (κ3) is 3.91. The number of alkyl halides is 6. The third-order valence-corrected chi connectivity index (χ3v) is 7.64. The highest BCUT2D eigenvalue weighted by Gasteiger charge is 2.35. The van der Waals surface area contributed by atoms with Gasteiger partial charge < -0.3 is 0 Å². The summed E-state index contributed by atoms with van der Waals surface area (Å²) in [6.07, 6.45) is -9.15. The van der Waals surface area contributed by atoms with Crippen LogP contribution in [0.1, 0.15) is 37.5 Å². The molecular formula is C24H19F6S+. The van der Waals surface area contributed by atoms with Crippen molar-refractivity contribution >= 4 is 30.6 Å². The van der Waals surface area contributed by atoms with Crippen molar-refractivity contribution in [3.63, 3.8) is 0 Å². The highest BCUT2D eigenvalue weighted by Crippen LogP contribution is 2.50. The van der Waals surface area contributed by atoms with Crippen LogP contribution in [0.15, 0.2) is 60.7 Å². The third-order valence-electron chi connectivity index (χ3n) is 5.30. The van der Waals surface area contributed by atoms with Crippen LogP contribution in [0.25, 0.3) is 25.1 Å². The van der Waals surface area contributed by atoms with Gasteiger partial charge in [-0.3, -0.25) is 0 Å². The van der Waals surface area contributed by atoms with Crippen LogP contribution >= 0.6 is 10.5 Å². The van der Waals surface area contributed by atoms with Gasteiger partial charge in [-0.25, -0.2) is 0 Å². The zero-order valence-electron chi connectivity index (χ0n) is 16.9. The summed E-state index contributed by atoms with van der Waals surface area (Å²) in [6.45, 7) is 6.21. The van der Waals surface area contributed by atoms with E-state index in [2.05, 4.69) is 20.8 Å². The average molecular weight is 453 g/mol. The lowest BCUT2D eigenvalue weighted by Gasteiger charge is -2.18. The van der Waals surface area contributed by atoms with Crippen LogP contribution in [-0.4, -0.2) is 0 Å². The minimum Gasteiger partial charge on any atom is -0.166 e. The van der Waals surface area contributed by atoms with Gasteiger partial charge in [-0.2, -0.15) is 26.3 Å². The molecule has 0 N–H and O–H groups in total. The van der Waals surface area contributed by atoms with E-state index in [0.717, 1.165) is 34.7 Å². The Kier molecular flexibility index (Phi) is 4.89.